The summed E-state index contributed by atoms with van der Waals surface area (Å²) < 4.78 is 49.5. The lowest BCUT2D eigenvalue weighted by molar-refractivity contribution is -0.221. The molecule has 0 heterocycles. The van der Waals surface area contributed by atoms with Crippen molar-refractivity contribution in [2.75, 3.05) is 0 Å². The summed E-state index contributed by atoms with van der Waals surface area (Å²) in [5.74, 6) is 0. The van der Waals surface area contributed by atoms with E-state index in [0.29, 0.717) is 0 Å². The van der Waals surface area contributed by atoms with Crippen molar-refractivity contribution >= 4 is 0 Å². The normalized spacial score (nSPS) is 15.0. The van der Waals surface area contributed by atoms with Crippen LogP contribution in [0.2, 0.25) is 0 Å². The highest BCUT2D eigenvalue weighted by atomic mass is 19.4. The Morgan fingerprint density at radius 2 is 1.17 bits per heavy atom. The molecule has 4 heteroatoms. The molecule has 0 rings (SSSR count). The van der Waals surface area contributed by atoms with Gasteiger partial charge in [0.25, 0.3) is 0 Å². The van der Waals surface area contributed by atoms with E-state index in [9.17, 15) is 17.6 Å². The minimum atomic E-state index is -4.34. The first kappa shape index (κ1) is 11.7. The molecule has 0 fully saturated rings. The predicted molar refractivity (Wildman–Crippen MR) is 39.6 cm³/mol. The van der Waals surface area contributed by atoms with Gasteiger partial charge in [-0.2, -0.15) is 13.2 Å². The molecule has 0 unspecified atom stereocenters. The van der Waals surface area contributed by atoms with Crippen LogP contribution in [0.5, 0.6) is 0 Å². The summed E-state index contributed by atoms with van der Waals surface area (Å²) in [6.07, 6.45) is -4.85. The van der Waals surface area contributed by atoms with Gasteiger partial charge in [0.1, 0.15) is 5.67 Å². The van der Waals surface area contributed by atoms with E-state index < -0.39 is 23.7 Å². The fourth-order valence-electron chi connectivity index (χ4n) is 1.15. The standard InChI is InChI=1S/C8H14F4/c1-6(2,8(10,11)12)5-7(3,4)9/h5H2,1-4H3. The van der Waals surface area contributed by atoms with Crippen molar-refractivity contribution in [1.29, 1.82) is 0 Å². The van der Waals surface area contributed by atoms with Crippen LogP contribution in [0.25, 0.3) is 0 Å². The van der Waals surface area contributed by atoms with E-state index in [1.807, 2.05) is 0 Å². The van der Waals surface area contributed by atoms with Gasteiger partial charge in [0, 0.05) is 0 Å². The molecule has 0 aromatic heterocycles. The molecule has 0 saturated carbocycles. The van der Waals surface area contributed by atoms with Crippen molar-refractivity contribution in [2.24, 2.45) is 5.41 Å². The fourth-order valence-corrected chi connectivity index (χ4v) is 1.15. The van der Waals surface area contributed by atoms with Crippen molar-refractivity contribution in [3.63, 3.8) is 0 Å². The summed E-state index contributed by atoms with van der Waals surface area (Å²) >= 11 is 0. The number of alkyl halides is 4. The van der Waals surface area contributed by atoms with E-state index in [-0.39, 0.29) is 0 Å². The zero-order valence-electron chi connectivity index (χ0n) is 7.72. The maximum absolute atomic E-state index is 12.9. The first-order valence-corrected chi connectivity index (χ1v) is 3.71. The quantitative estimate of drug-likeness (QED) is 0.576. The van der Waals surface area contributed by atoms with Gasteiger partial charge in [-0.05, 0) is 20.3 Å². The van der Waals surface area contributed by atoms with Crippen molar-refractivity contribution in [3.05, 3.63) is 0 Å². The second-order valence-corrected chi connectivity index (χ2v) is 4.28. The highest BCUT2D eigenvalue weighted by molar-refractivity contribution is 4.84. The molecule has 0 saturated heterocycles. The van der Waals surface area contributed by atoms with Crippen molar-refractivity contribution in [2.45, 2.75) is 46.0 Å². The Bertz CT molecular complexity index is 149. The molecular weight excluding hydrogens is 172 g/mol. The average Bonchev–Trinajstić information content (AvgIpc) is 1.52. The summed E-state index contributed by atoms with van der Waals surface area (Å²) in [4.78, 5) is 0. The van der Waals surface area contributed by atoms with Crippen LogP contribution in [0, 0.1) is 5.41 Å². The predicted octanol–water partition coefficient (Wildman–Crippen LogP) is 3.71. The second kappa shape index (κ2) is 2.89. The molecule has 0 N–H and O–H groups in total. The topological polar surface area (TPSA) is 0 Å². The monoisotopic (exact) mass is 186 g/mol. The van der Waals surface area contributed by atoms with Crippen LogP contribution in [0.1, 0.15) is 34.1 Å². The zero-order chi connectivity index (χ0) is 10.2. The molecule has 0 nitrogen and oxygen atoms in total. The van der Waals surface area contributed by atoms with Gasteiger partial charge in [-0.3, -0.25) is 0 Å². The first-order chi connectivity index (χ1) is 4.96. The molecule has 0 aromatic carbocycles. The summed E-state index contributed by atoms with van der Waals surface area (Å²) in [7, 11) is 0. The SMILES string of the molecule is CC(C)(F)CC(C)(C)C(F)(F)F. The number of rotatable bonds is 2. The molecule has 0 bridgehead atoms. The Labute approximate surface area is 70.0 Å². The Hall–Kier alpha value is -0.280. The summed E-state index contributed by atoms with van der Waals surface area (Å²) in [5, 5.41) is 0. The average molecular weight is 186 g/mol. The van der Waals surface area contributed by atoms with E-state index in [2.05, 4.69) is 0 Å². The van der Waals surface area contributed by atoms with Gasteiger partial charge in [0.15, 0.2) is 0 Å². The third-order valence-corrected chi connectivity index (χ3v) is 1.63. The number of hydrogen-bond acceptors (Lipinski definition) is 0. The maximum atomic E-state index is 12.9. The molecule has 0 spiro atoms. The molecule has 0 aromatic rings. The summed E-state index contributed by atoms with van der Waals surface area (Å²) in [6, 6.07) is 0. The Balaban J connectivity index is 4.44. The van der Waals surface area contributed by atoms with E-state index in [1.54, 1.807) is 0 Å². The Morgan fingerprint density at radius 3 is 1.25 bits per heavy atom. The molecule has 0 radical (unpaired) electrons. The van der Waals surface area contributed by atoms with E-state index in [0.717, 1.165) is 27.7 Å². The fraction of sp³-hybridized carbons (Fsp3) is 1.00. The van der Waals surface area contributed by atoms with Crippen LogP contribution in [0.4, 0.5) is 17.6 Å². The molecule has 12 heavy (non-hydrogen) atoms. The lowest BCUT2D eigenvalue weighted by Gasteiger charge is -2.31. The van der Waals surface area contributed by atoms with Gasteiger partial charge >= 0.3 is 6.18 Å². The van der Waals surface area contributed by atoms with Crippen LogP contribution in [0.15, 0.2) is 0 Å². The number of hydrogen-bond donors (Lipinski definition) is 0. The van der Waals surface area contributed by atoms with Crippen LogP contribution in [-0.2, 0) is 0 Å². The molecule has 0 amide bonds. The van der Waals surface area contributed by atoms with Crippen molar-refractivity contribution in [1.82, 2.24) is 0 Å². The Morgan fingerprint density at radius 1 is 0.833 bits per heavy atom. The van der Waals surface area contributed by atoms with Gasteiger partial charge in [-0.1, -0.05) is 13.8 Å². The smallest absolute Gasteiger partial charge is 0.244 e. The van der Waals surface area contributed by atoms with Crippen molar-refractivity contribution in [3.8, 4) is 0 Å². The largest absolute Gasteiger partial charge is 0.394 e. The Kier molecular flexibility index (Phi) is 2.82. The summed E-state index contributed by atoms with van der Waals surface area (Å²) in [6.45, 7) is 4.32. The third-order valence-electron chi connectivity index (χ3n) is 1.63. The van der Waals surface area contributed by atoms with Crippen molar-refractivity contribution < 1.29 is 17.6 Å². The number of halogens is 4. The second-order valence-electron chi connectivity index (χ2n) is 4.28. The maximum Gasteiger partial charge on any atom is 0.394 e. The minimum absolute atomic E-state index is 0.510. The molecule has 0 aliphatic rings. The molecule has 0 aliphatic carbocycles. The van der Waals surface area contributed by atoms with E-state index in [1.165, 1.54) is 0 Å². The summed E-state index contributed by atoms with van der Waals surface area (Å²) in [5.41, 5.74) is -3.73. The van der Waals surface area contributed by atoms with Gasteiger partial charge in [0.05, 0.1) is 5.41 Å². The zero-order valence-corrected chi connectivity index (χ0v) is 7.72. The van der Waals surface area contributed by atoms with E-state index >= 15 is 0 Å². The van der Waals surface area contributed by atoms with Gasteiger partial charge in [0.2, 0.25) is 0 Å². The molecule has 0 aliphatic heterocycles. The molecule has 74 valence electrons. The van der Waals surface area contributed by atoms with Crippen LogP contribution in [-0.4, -0.2) is 11.8 Å². The van der Waals surface area contributed by atoms with Gasteiger partial charge in [-0.15, -0.1) is 0 Å². The van der Waals surface area contributed by atoms with Gasteiger partial charge < -0.3 is 0 Å². The minimum Gasteiger partial charge on any atom is -0.244 e. The van der Waals surface area contributed by atoms with Gasteiger partial charge in [-0.25, -0.2) is 4.39 Å². The lowest BCUT2D eigenvalue weighted by Crippen LogP contribution is -2.37. The molecule has 0 atom stereocenters. The van der Waals surface area contributed by atoms with Crippen LogP contribution >= 0.6 is 0 Å². The van der Waals surface area contributed by atoms with Crippen LogP contribution in [0.3, 0.4) is 0 Å². The van der Waals surface area contributed by atoms with E-state index in [4.69, 9.17) is 0 Å². The third kappa shape index (κ3) is 3.41. The highest BCUT2D eigenvalue weighted by Gasteiger charge is 2.49. The molecular formula is C8H14F4. The highest BCUT2D eigenvalue weighted by Crippen LogP contribution is 2.43. The first-order valence-electron chi connectivity index (χ1n) is 3.71. The van der Waals surface area contributed by atoms with Crippen LogP contribution < -0.4 is 0 Å². The lowest BCUT2D eigenvalue weighted by atomic mass is 9.82.